The lowest BCUT2D eigenvalue weighted by Crippen LogP contribution is -2.36. The molecule has 4 aromatic rings. The number of hydrogen-bond donors (Lipinski definition) is 1. The highest BCUT2D eigenvalue weighted by Crippen LogP contribution is 2.36. The highest BCUT2D eigenvalue weighted by Gasteiger charge is 2.36. The van der Waals surface area contributed by atoms with E-state index in [1.165, 1.54) is 16.4 Å². The SMILES string of the molecule is C[C@H](NC(=O)c1cccc(S(=O)(=O)N2c3ccccc3C[C@@H]2C)c1)c1ccc(-n2ccnc2)cc1. The number of rotatable bonds is 6. The van der Waals surface area contributed by atoms with Gasteiger partial charge < -0.3 is 9.88 Å². The Bertz CT molecular complexity index is 1460. The lowest BCUT2D eigenvalue weighted by atomic mass is 10.1. The smallest absolute Gasteiger partial charge is 0.264 e. The molecule has 0 spiro atoms. The first kappa shape index (κ1) is 22.9. The molecule has 0 bridgehead atoms. The van der Waals surface area contributed by atoms with Gasteiger partial charge in [-0.3, -0.25) is 9.10 Å². The standard InChI is InChI=1S/C27H26N4O3S/c1-19-16-22-6-3-4-9-26(22)31(19)35(33,34)25-8-5-7-23(17-25)27(32)29-20(2)21-10-12-24(13-11-21)30-15-14-28-18-30/h3-15,17-20H,16H2,1-2H3,(H,29,32)/t19-,20-/m0/s1. The van der Waals surface area contributed by atoms with Gasteiger partial charge in [-0.15, -0.1) is 0 Å². The van der Waals surface area contributed by atoms with Crippen LogP contribution in [0.2, 0.25) is 0 Å². The number of fused-ring (bicyclic) bond motifs is 1. The van der Waals surface area contributed by atoms with Gasteiger partial charge in [0.15, 0.2) is 0 Å². The molecule has 1 aliphatic rings. The maximum absolute atomic E-state index is 13.5. The average Bonchev–Trinajstić information content (AvgIpc) is 3.52. The summed E-state index contributed by atoms with van der Waals surface area (Å²) in [7, 11) is -3.82. The monoisotopic (exact) mass is 486 g/mol. The van der Waals surface area contributed by atoms with Gasteiger partial charge in [0, 0.05) is 29.7 Å². The minimum absolute atomic E-state index is 0.103. The van der Waals surface area contributed by atoms with Gasteiger partial charge in [-0.1, -0.05) is 36.4 Å². The number of nitrogens with one attached hydrogen (secondary N) is 1. The van der Waals surface area contributed by atoms with E-state index in [1.807, 2.05) is 73.1 Å². The van der Waals surface area contributed by atoms with Crippen LogP contribution in [0, 0.1) is 0 Å². The molecule has 1 amide bonds. The van der Waals surface area contributed by atoms with Crippen LogP contribution < -0.4 is 9.62 Å². The van der Waals surface area contributed by atoms with Crippen LogP contribution in [-0.4, -0.2) is 29.9 Å². The quantitative estimate of drug-likeness (QED) is 0.435. The number of nitrogens with zero attached hydrogens (tertiary/aromatic N) is 3. The molecule has 0 saturated carbocycles. The summed E-state index contributed by atoms with van der Waals surface area (Å²) in [6.45, 7) is 3.79. The number of carbonyl (C=O) groups excluding carboxylic acids is 1. The Balaban J connectivity index is 1.34. The molecule has 3 aromatic carbocycles. The van der Waals surface area contributed by atoms with Crippen molar-refractivity contribution in [3.05, 3.63) is 108 Å². The fourth-order valence-corrected chi connectivity index (χ4v) is 6.26. The van der Waals surface area contributed by atoms with E-state index in [0.717, 1.165) is 16.8 Å². The van der Waals surface area contributed by atoms with E-state index in [0.29, 0.717) is 17.7 Å². The fourth-order valence-electron chi connectivity index (χ4n) is 4.53. The Morgan fingerprint density at radius 2 is 1.83 bits per heavy atom. The molecule has 0 fully saturated rings. The number of aromatic nitrogens is 2. The number of sulfonamides is 1. The molecule has 2 atom stereocenters. The highest BCUT2D eigenvalue weighted by atomic mass is 32.2. The minimum Gasteiger partial charge on any atom is -0.346 e. The molecular weight excluding hydrogens is 460 g/mol. The van der Waals surface area contributed by atoms with Crippen molar-refractivity contribution in [2.75, 3.05) is 4.31 Å². The summed E-state index contributed by atoms with van der Waals surface area (Å²) in [5.74, 6) is -0.330. The summed E-state index contributed by atoms with van der Waals surface area (Å²) in [4.78, 5) is 17.2. The summed E-state index contributed by atoms with van der Waals surface area (Å²) in [6, 6.07) is 21.1. The topological polar surface area (TPSA) is 84.3 Å². The lowest BCUT2D eigenvalue weighted by molar-refractivity contribution is 0.0939. The summed E-state index contributed by atoms with van der Waals surface area (Å²) in [6.07, 6.45) is 5.96. The minimum atomic E-state index is -3.82. The Morgan fingerprint density at radius 1 is 1.06 bits per heavy atom. The molecule has 0 saturated heterocycles. The van der Waals surface area contributed by atoms with Crippen molar-refractivity contribution in [3.63, 3.8) is 0 Å². The summed E-state index contributed by atoms with van der Waals surface area (Å²) in [5, 5.41) is 2.97. The Morgan fingerprint density at radius 3 is 2.57 bits per heavy atom. The Kier molecular flexibility index (Phi) is 5.90. The number of anilines is 1. The third kappa shape index (κ3) is 4.33. The van der Waals surface area contributed by atoms with Gasteiger partial charge in [0.25, 0.3) is 15.9 Å². The number of hydrogen-bond acceptors (Lipinski definition) is 4. The lowest BCUT2D eigenvalue weighted by Gasteiger charge is -2.24. The van der Waals surface area contributed by atoms with Crippen molar-refractivity contribution < 1.29 is 13.2 Å². The van der Waals surface area contributed by atoms with E-state index in [9.17, 15) is 13.2 Å². The van der Waals surface area contributed by atoms with Crippen LogP contribution in [0.25, 0.3) is 5.69 Å². The second kappa shape index (κ2) is 9.03. The third-order valence-corrected chi connectivity index (χ3v) is 8.27. The molecule has 178 valence electrons. The van der Waals surface area contributed by atoms with E-state index < -0.39 is 10.0 Å². The average molecular weight is 487 g/mol. The van der Waals surface area contributed by atoms with E-state index in [1.54, 1.807) is 24.7 Å². The summed E-state index contributed by atoms with van der Waals surface area (Å²) in [5.41, 5.74) is 3.91. The zero-order valence-corrected chi connectivity index (χ0v) is 20.3. The molecular formula is C27H26N4O3S. The van der Waals surface area contributed by atoms with Crippen LogP contribution in [0.1, 0.15) is 41.4 Å². The van der Waals surface area contributed by atoms with Crippen LogP contribution in [0.4, 0.5) is 5.69 Å². The molecule has 0 unspecified atom stereocenters. The molecule has 1 N–H and O–H groups in total. The first-order valence-corrected chi connectivity index (χ1v) is 12.9. The van der Waals surface area contributed by atoms with Gasteiger partial charge in [0.1, 0.15) is 0 Å². The number of benzene rings is 3. The maximum atomic E-state index is 13.5. The molecule has 8 heteroatoms. The van der Waals surface area contributed by atoms with E-state index >= 15 is 0 Å². The van der Waals surface area contributed by atoms with Gasteiger partial charge in [-0.05, 0) is 67.8 Å². The maximum Gasteiger partial charge on any atom is 0.264 e. The molecule has 0 radical (unpaired) electrons. The highest BCUT2D eigenvalue weighted by molar-refractivity contribution is 7.92. The largest absolute Gasteiger partial charge is 0.346 e. The van der Waals surface area contributed by atoms with Crippen molar-refractivity contribution in [2.24, 2.45) is 0 Å². The number of imidazole rings is 1. The predicted octanol–water partition coefficient (Wildman–Crippen LogP) is 4.50. The third-order valence-electron chi connectivity index (χ3n) is 6.34. The van der Waals surface area contributed by atoms with Crippen molar-refractivity contribution in [2.45, 2.75) is 37.2 Å². The molecule has 1 aliphatic heterocycles. The fraction of sp³-hybridized carbons (Fsp3) is 0.185. The van der Waals surface area contributed by atoms with Crippen molar-refractivity contribution in [3.8, 4) is 5.69 Å². The number of para-hydroxylation sites is 1. The van der Waals surface area contributed by atoms with E-state index in [-0.39, 0.29) is 22.9 Å². The van der Waals surface area contributed by atoms with Gasteiger partial charge in [-0.25, -0.2) is 13.4 Å². The molecule has 2 heterocycles. The predicted molar refractivity (Wildman–Crippen MR) is 135 cm³/mol. The van der Waals surface area contributed by atoms with Gasteiger partial charge in [0.2, 0.25) is 0 Å². The zero-order valence-electron chi connectivity index (χ0n) is 19.5. The Hall–Kier alpha value is -3.91. The zero-order chi connectivity index (χ0) is 24.6. The molecule has 7 nitrogen and oxygen atoms in total. The Labute approximate surface area is 205 Å². The van der Waals surface area contributed by atoms with Gasteiger partial charge >= 0.3 is 0 Å². The first-order chi connectivity index (χ1) is 16.8. The first-order valence-electron chi connectivity index (χ1n) is 11.5. The number of carbonyl (C=O) groups is 1. The van der Waals surface area contributed by atoms with Gasteiger partial charge in [-0.2, -0.15) is 0 Å². The van der Waals surface area contributed by atoms with Crippen LogP contribution >= 0.6 is 0 Å². The van der Waals surface area contributed by atoms with E-state index in [4.69, 9.17) is 0 Å². The molecule has 0 aliphatic carbocycles. The van der Waals surface area contributed by atoms with Crippen LogP contribution in [0.5, 0.6) is 0 Å². The van der Waals surface area contributed by atoms with Crippen molar-refractivity contribution >= 4 is 21.6 Å². The van der Waals surface area contributed by atoms with Crippen molar-refractivity contribution in [1.82, 2.24) is 14.9 Å². The summed E-state index contributed by atoms with van der Waals surface area (Å²) >= 11 is 0. The molecule has 35 heavy (non-hydrogen) atoms. The van der Waals surface area contributed by atoms with Crippen LogP contribution in [0.3, 0.4) is 0 Å². The normalized spacial score (nSPS) is 16.1. The van der Waals surface area contributed by atoms with Crippen LogP contribution in [-0.2, 0) is 16.4 Å². The summed E-state index contributed by atoms with van der Waals surface area (Å²) < 4.78 is 30.4. The molecule has 1 aromatic heterocycles. The van der Waals surface area contributed by atoms with Crippen molar-refractivity contribution in [1.29, 1.82) is 0 Å². The van der Waals surface area contributed by atoms with Gasteiger partial charge in [0.05, 0.1) is 23.0 Å². The number of amides is 1. The second-order valence-electron chi connectivity index (χ2n) is 8.77. The van der Waals surface area contributed by atoms with Crippen LogP contribution in [0.15, 0.2) is 96.4 Å². The molecule has 5 rings (SSSR count). The van der Waals surface area contributed by atoms with E-state index in [2.05, 4.69) is 10.3 Å². The second-order valence-corrected chi connectivity index (χ2v) is 10.6.